The molecule has 0 radical (unpaired) electrons. The van der Waals surface area contributed by atoms with E-state index in [1.165, 1.54) is 0 Å². The Labute approximate surface area is 92.0 Å². The maximum Gasteiger partial charge on any atom is 0.573 e. The van der Waals surface area contributed by atoms with Gasteiger partial charge in [-0.25, -0.2) is 4.79 Å². The van der Waals surface area contributed by atoms with Crippen molar-refractivity contribution in [1.29, 1.82) is 0 Å². The van der Waals surface area contributed by atoms with Gasteiger partial charge >= 0.3 is 12.5 Å². The largest absolute Gasteiger partial charge is 0.573 e. The fraction of sp³-hybridized carbons (Fsp3) is 0.125. The number of rotatable bonds is 2. The number of nitrogens with one attached hydrogen (secondary N) is 1. The molecule has 0 aliphatic carbocycles. The molecule has 0 aromatic heterocycles. The van der Waals surface area contributed by atoms with Gasteiger partial charge in [-0.15, -0.1) is 17.6 Å². The Morgan fingerprint density at radius 3 is 2.44 bits per heavy atom. The summed E-state index contributed by atoms with van der Waals surface area (Å²) >= 11 is 5.42. The van der Waals surface area contributed by atoms with Crippen LogP contribution in [-0.4, -0.2) is 12.5 Å². The van der Waals surface area contributed by atoms with Crippen LogP contribution >= 0.6 is 11.6 Å². The molecule has 0 bridgehead atoms. The summed E-state index contributed by atoms with van der Waals surface area (Å²) < 4.78 is 50.9. The monoisotopic (exact) mass is 257 g/mol. The van der Waals surface area contributed by atoms with Gasteiger partial charge in [0.15, 0.2) is 0 Å². The Balaban J connectivity index is 2.87. The number of alkyl halides is 3. The van der Waals surface area contributed by atoms with Gasteiger partial charge in [0.25, 0.3) is 0 Å². The van der Waals surface area contributed by atoms with E-state index in [-0.39, 0.29) is 5.69 Å². The van der Waals surface area contributed by atoms with Crippen LogP contribution < -0.4 is 10.1 Å². The first kappa shape index (κ1) is 12.6. The van der Waals surface area contributed by atoms with Gasteiger partial charge in [0, 0.05) is 5.69 Å². The quantitative estimate of drug-likeness (QED) is 0.498. The molecule has 0 unspecified atom stereocenters. The normalized spacial score (nSPS) is 11.1. The minimum absolute atomic E-state index is 0.0768. The highest BCUT2D eigenvalue weighted by molar-refractivity contribution is 6.32. The lowest BCUT2D eigenvalue weighted by atomic mass is 10.3. The predicted molar refractivity (Wildman–Crippen MR) is 48.3 cm³/mol. The molecule has 1 rings (SSSR count). The Morgan fingerprint density at radius 2 is 2.00 bits per heavy atom. The van der Waals surface area contributed by atoms with E-state index in [4.69, 9.17) is 11.6 Å². The summed E-state index contributed by atoms with van der Waals surface area (Å²) in [5, 5.41) is 1.31. The van der Waals surface area contributed by atoms with Crippen LogP contribution in [0.4, 0.5) is 28.0 Å². The molecule has 0 saturated heterocycles. The summed E-state index contributed by atoms with van der Waals surface area (Å²) in [6.07, 6.45) is -6.71. The first-order valence-electron chi connectivity index (χ1n) is 3.80. The van der Waals surface area contributed by atoms with Gasteiger partial charge in [-0.1, -0.05) is 11.6 Å². The van der Waals surface area contributed by atoms with Gasteiger partial charge < -0.3 is 4.74 Å². The number of amides is 1. The fourth-order valence-electron chi connectivity index (χ4n) is 0.900. The number of ether oxygens (including phenoxy) is 1. The molecule has 1 aromatic rings. The highest BCUT2D eigenvalue weighted by atomic mass is 35.5. The molecule has 0 heterocycles. The zero-order valence-corrected chi connectivity index (χ0v) is 8.19. The molecule has 8 heteroatoms. The number of halogens is 5. The zero-order chi connectivity index (χ0) is 12.3. The summed E-state index contributed by atoms with van der Waals surface area (Å²) in [6.45, 7) is 0. The second-order valence-electron chi connectivity index (χ2n) is 2.59. The topological polar surface area (TPSA) is 38.3 Å². The van der Waals surface area contributed by atoms with Gasteiger partial charge in [0.05, 0.1) is 5.02 Å². The predicted octanol–water partition coefficient (Wildman–Crippen LogP) is 3.74. The van der Waals surface area contributed by atoms with E-state index < -0.39 is 23.3 Å². The van der Waals surface area contributed by atoms with Crippen LogP contribution in [0.25, 0.3) is 0 Å². The van der Waals surface area contributed by atoms with Gasteiger partial charge in [-0.3, -0.25) is 5.32 Å². The van der Waals surface area contributed by atoms with Crippen LogP contribution in [0.5, 0.6) is 5.75 Å². The Hall–Kier alpha value is -1.50. The van der Waals surface area contributed by atoms with E-state index in [0.29, 0.717) is 0 Å². The maximum absolute atomic E-state index is 11.9. The molecule has 16 heavy (non-hydrogen) atoms. The van der Waals surface area contributed by atoms with Crippen molar-refractivity contribution >= 4 is 23.4 Å². The maximum atomic E-state index is 11.9. The summed E-state index contributed by atoms with van der Waals surface area (Å²) in [6, 6.07) is 2.81. The Morgan fingerprint density at radius 1 is 1.38 bits per heavy atom. The van der Waals surface area contributed by atoms with Crippen molar-refractivity contribution in [2.45, 2.75) is 6.36 Å². The summed E-state index contributed by atoms with van der Waals surface area (Å²) in [5.74, 6) is -0.633. The molecule has 1 N–H and O–H groups in total. The molecular formula is C8H4ClF4NO2. The lowest BCUT2D eigenvalue weighted by Gasteiger charge is -2.10. The SMILES string of the molecule is O=C(F)Nc1ccc(OC(F)(F)F)c(Cl)c1. The third kappa shape index (κ3) is 3.93. The van der Waals surface area contributed by atoms with E-state index in [9.17, 15) is 22.4 Å². The highest BCUT2D eigenvalue weighted by Gasteiger charge is 2.32. The minimum Gasteiger partial charge on any atom is -0.404 e. The van der Waals surface area contributed by atoms with Crippen molar-refractivity contribution in [1.82, 2.24) is 0 Å². The third-order valence-electron chi connectivity index (χ3n) is 1.40. The molecule has 3 nitrogen and oxygen atoms in total. The van der Waals surface area contributed by atoms with Gasteiger partial charge in [-0.2, -0.15) is 0 Å². The third-order valence-corrected chi connectivity index (χ3v) is 1.70. The first-order chi connectivity index (χ1) is 7.28. The van der Waals surface area contributed by atoms with E-state index >= 15 is 0 Å². The smallest absolute Gasteiger partial charge is 0.404 e. The van der Waals surface area contributed by atoms with Gasteiger partial charge in [0.1, 0.15) is 5.75 Å². The molecular weight excluding hydrogens is 254 g/mol. The number of benzene rings is 1. The van der Waals surface area contributed by atoms with Crippen LogP contribution in [0.2, 0.25) is 5.02 Å². The molecule has 0 aliphatic rings. The van der Waals surface area contributed by atoms with Crippen LogP contribution in [0.3, 0.4) is 0 Å². The molecule has 0 spiro atoms. The summed E-state index contributed by atoms with van der Waals surface area (Å²) in [5.41, 5.74) is -0.0768. The molecule has 0 fully saturated rings. The number of carbonyl (C=O) groups excluding carboxylic acids is 1. The summed E-state index contributed by atoms with van der Waals surface area (Å²) in [7, 11) is 0. The molecule has 0 atom stereocenters. The van der Waals surface area contributed by atoms with Crippen molar-refractivity contribution in [3.8, 4) is 5.75 Å². The van der Waals surface area contributed by atoms with Crippen LogP contribution in [-0.2, 0) is 0 Å². The van der Waals surface area contributed by atoms with E-state index in [2.05, 4.69) is 4.74 Å². The number of hydrogen-bond acceptors (Lipinski definition) is 2. The average Bonchev–Trinajstić information content (AvgIpc) is 2.06. The first-order valence-corrected chi connectivity index (χ1v) is 4.17. The van der Waals surface area contributed by atoms with E-state index in [1.54, 1.807) is 5.32 Å². The number of carbonyl (C=O) groups is 1. The van der Waals surface area contributed by atoms with E-state index in [0.717, 1.165) is 18.2 Å². The van der Waals surface area contributed by atoms with Crippen molar-refractivity contribution < 1.29 is 27.1 Å². The molecule has 88 valence electrons. The Bertz CT molecular complexity index is 408. The Kier molecular flexibility index (Phi) is 3.58. The van der Waals surface area contributed by atoms with Crippen LogP contribution in [0.1, 0.15) is 0 Å². The highest BCUT2D eigenvalue weighted by Crippen LogP contribution is 2.32. The standard InChI is InChI=1S/C8H4ClF4NO2/c9-5-3-4(14-7(10)15)1-2-6(5)16-8(11,12)13/h1-3H,(H,14,15). The molecule has 1 aromatic carbocycles. The van der Waals surface area contributed by atoms with Crippen molar-refractivity contribution in [3.63, 3.8) is 0 Å². The minimum atomic E-state index is -4.87. The summed E-state index contributed by atoms with van der Waals surface area (Å²) in [4.78, 5) is 10.0. The fourth-order valence-corrected chi connectivity index (χ4v) is 1.12. The van der Waals surface area contributed by atoms with Crippen molar-refractivity contribution in [2.75, 3.05) is 5.32 Å². The van der Waals surface area contributed by atoms with Gasteiger partial charge in [-0.05, 0) is 18.2 Å². The average molecular weight is 258 g/mol. The second-order valence-corrected chi connectivity index (χ2v) is 3.00. The lowest BCUT2D eigenvalue weighted by molar-refractivity contribution is -0.274. The lowest BCUT2D eigenvalue weighted by Crippen LogP contribution is -2.17. The molecule has 0 aliphatic heterocycles. The number of hydrogen-bond donors (Lipinski definition) is 1. The zero-order valence-electron chi connectivity index (χ0n) is 7.44. The van der Waals surface area contributed by atoms with Crippen LogP contribution in [0.15, 0.2) is 18.2 Å². The molecule has 0 saturated carbocycles. The van der Waals surface area contributed by atoms with Gasteiger partial charge in [0.2, 0.25) is 0 Å². The number of anilines is 1. The molecule has 1 amide bonds. The van der Waals surface area contributed by atoms with Crippen molar-refractivity contribution in [2.24, 2.45) is 0 Å². The second kappa shape index (κ2) is 4.56. The van der Waals surface area contributed by atoms with Crippen LogP contribution in [0, 0.1) is 0 Å². The van der Waals surface area contributed by atoms with Crippen molar-refractivity contribution in [3.05, 3.63) is 23.2 Å². The van der Waals surface area contributed by atoms with E-state index in [1.807, 2.05) is 0 Å².